The van der Waals surface area contributed by atoms with Crippen LogP contribution in [0.5, 0.6) is 0 Å². The van der Waals surface area contributed by atoms with Gasteiger partial charge >= 0.3 is 0 Å². The molecule has 0 bridgehead atoms. The number of rotatable bonds is 4. The Balaban J connectivity index is 2.17. The van der Waals surface area contributed by atoms with E-state index in [4.69, 9.17) is 33.9 Å². The van der Waals surface area contributed by atoms with Gasteiger partial charge in [-0.1, -0.05) is 24.6 Å². The average Bonchev–Trinajstić information content (AvgIpc) is 2.69. The molecule has 29 heavy (non-hydrogen) atoms. The average molecular weight is 420 g/mol. The lowest BCUT2D eigenvalue weighted by molar-refractivity contribution is 0.391. The van der Waals surface area contributed by atoms with Crippen molar-refractivity contribution in [3.05, 3.63) is 51.2 Å². The quantitative estimate of drug-likeness (QED) is 0.548. The molecule has 1 saturated carbocycles. The van der Waals surface area contributed by atoms with Gasteiger partial charge in [0.25, 0.3) is 0 Å². The first-order valence-corrected chi connectivity index (χ1v) is 10.1. The van der Waals surface area contributed by atoms with Gasteiger partial charge in [0.05, 0.1) is 33.5 Å². The molecule has 7 N–H and O–H groups in total. The molecule has 1 fully saturated rings. The van der Waals surface area contributed by atoms with E-state index in [1.165, 1.54) is 23.0 Å². The Morgan fingerprint density at radius 3 is 2.79 bits per heavy atom. The van der Waals surface area contributed by atoms with Gasteiger partial charge in [0.1, 0.15) is 17.0 Å². The lowest BCUT2D eigenvalue weighted by Gasteiger charge is -2.23. The highest BCUT2D eigenvalue weighted by Crippen LogP contribution is 2.23. The molecule has 156 valence electrons. The lowest BCUT2D eigenvalue weighted by Crippen LogP contribution is -2.52. The van der Waals surface area contributed by atoms with Crippen molar-refractivity contribution in [3.63, 3.8) is 0 Å². The SMILES string of the molecule is CC/C=c1/c(=NC2CCC(N)CC2)c(=C(N)Nc2cc(F)ccc2Cl)cnn1N. The van der Waals surface area contributed by atoms with E-state index in [1.807, 2.05) is 13.0 Å². The predicted octanol–water partition coefficient (Wildman–Crippen LogP) is 0.887. The van der Waals surface area contributed by atoms with Crippen molar-refractivity contribution in [3.8, 4) is 0 Å². The fourth-order valence-corrected chi connectivity index (χ4v) is 3.59. The highest BCUT2D eigenvalue weighted by molar-refractivity contribution is 6.33. The Bertz CT molecular complexity index is 1060. The van der Waals surface area contributed by atoms with Gasteiger partial charge < -0.3 is 22.6 Å². The number of nitrogens with zero attached hydrogens (tertiary/aromatic N) is 3. The van der Waals surface area contributed by atoms with E-state index >= 15 is 0 Å². The van der Waals surface area contributed by atoms with Crippen molar-refractivity contribution in [1.82, 2.24) is 9.89 Å². The van der Waals surface area contributed by atoms with E-state index in [9.17, 15) is 4.39 Å². The molecule has 2 aromatic rings. The summed E-state index contributed by atoms with van der Waals surface area (Å²) in [6.07, 6.45) is 7.93. The predicted molar refractivity (Wildman–Crippen MR) is 115 cm³/mol. The molecule has 3 rings (SSSR count). The summed E-state index contributed by atoms with van der Waals surface area (Å²) in [4.78, 5) is 6.25. The van der Waals surface area contributed by atoms with E-state index in [0.29, 0.717) is 26.6 Å². The van der Waals surface area contributed by atoms with E-state index < -0.39 is 5.82 Å². The fraction of sp³-hybridized carbons (Fsp3) is 0.400. The van der Waals surface area contributed by atoms with Crippen molar-refractivity contribution >= 4 is 29.2 Å². The second-order valence-electron chi connectivity index (χ2n) is 7.21. The summed E-state index contributed by atoms with van der Waals surface area (Å²) in [6.45, 7) is 2.01. The maximum atomic E-state index is 13.6. The first kappa shape index (κ1) is 21.1. The number of hydrogen-bond donors (Lipinski definition) is 4. The monoisotopic (exact) mass is 419 g/mol. The Kier molecular flexibility index (Phi) is 6.76. The Labute approximate surface area is 173 Å². The van der Waals surface area contributed by atoms with Crippen LogP contribution >= 0.6 is 11.6 Å². The van der Waals surface area contributed by atoms with Gasteiger partial charge in [0, 0.05) is 6.04 Å². The maximum Gasteiger partial charge on any atom is 0.125 e. The summed E-state index contributed by atoms with van der Waals surface area (Å²) in [7, 11) is 0. The molecule has 0 radical (unpaired) electrons. The van der Waals surface area contributed by atoms with Gasteiger partial charge in [-0.15, -0.1) is 0 Å². The van der Waals surface area contributed by atoms with Crippen LogP contribution in [0.1, 0.15) is 39.0 Å². The number of halogens is 2. The zero-order valence-corrected chi connectivity index (χ0v) is 17.2. The molecule has 0 aliphatic heterocycles. The molecule has 0 spiro atoms. The maximum absolute atomic E-state index is 13.6. The Hall–Kier alpha value is -2.58. The second-order valence-corrected chi connectivity index (χ2v) is 7.62. The minimum absolute atomic E-state index is 0.130. The van der Waals surface area contributed by atoms with Gasteiger partial charge in [0.15, 0.2) is 0 Å². The van der Waals surface area contributed by atoms with Crippen molar-refractivity contribution < 1.29 is 4.39 Å². The number of nitrogens with one attached hydrogen (secondary N) is 1. The number of benzene rings is 1. The van der Waals surface area contributed by atoms with Crippen molar-refractivity contribution in [1.29, 1.82) is 0 Å². The summed E-state index contributed by atoms with van der Waals surface area (Å²) < 4.78 is 13.6. The smallest absolute Gasteiger partial charge is 0.125 e. The molecular formula is C20H27ClFN7. The molecular weight excluding hydrogens is 393 g/mol. The standard InChI is InChI=1S/C20H27ClFN7/c1-2-3-18-19(27-14-7-5-13(23)6-8-14)15(11-26-29(18)25)20(24)28-17-10-12(22)4-9-16(17)21/h3-4,9-11,13-14,28H,2,5-8,23-25H2,1H3/b18-3-,20-15?,27-19?. The molecule has 1 aliphatic carbocycles. The van der Waals surface area contributed by atoms with Crippen LogP contribution in [0.2, 0.25) is 5.02 Å². The summed E-state index contributed by atoms with van der Waals surface area (Å²) >= 11 is 6.16. The van der Waals surface area contributed by atoms with Gasteiger partial charge in [-0.05, 0) is 50.3 Å². The topological polar surface area (TPSA) is 120 Å². The van der Waals surface area contributed by atoms with Crippen LogP contribution < -0.4 is 38.6 Å². The van der Waals surface area contributed by atoms with Gasteiger partial charge in [0.2, 0.25) is 0 Å². The van der Waals surface area contributed by atoms with Crippen LogP contribution in [0.25, 0.3) is 11.9 Å². The minimum atomic E-state index is -0.417. The normalized spacial score (nSPS) is 21.9. The van der Waals surface area contributed by atoms with Crippen molar-refractivity contribution in [2.75, 3.05) is 11.2 Å². The van der Waals surface area contributed by atoms with Crippen LogP contribution in [0, 0.1) is 5.82 Å². The van der Waals surface area contributed by atoms with Crippen molar-refractivity contribution in [2.24, 2.45) is 16.5 Å². The fourth-order valence-electron chi connectivity index (χ4n) is 3.43. The third-order valence-corrected chi connectivity index (χ3v) is 5.32. The highest BCUT2D eigenvalue weighted by atomic mass is 35.5. The lowest BCUT2D eigenvalue weighted by atomic mass is 9.92. The van der Waals surface area contributed by atoms with Gasteiger partial charge in [-0.25, -0.2) is 4.39 Å². The summed E-state index contributed by atoms with van der Waals surface area (Å²) in [5.74, 6) is 5.90. The Morgan fingerprint density at radius 2 is 2.10 bits per heavy atom. The second kappa shape index (κ2) is 9.28. The first-order chi connectivity index (χ1) is 13.9. The van der Waals surface area contributed by atoms with E-state index in [-0.39, 0.29) is 17.9 Å². The van der Waals surface area contributed by atoms with Crippen molar-refractivity contribution in [2.45, 2.75) is 51.1 Å². The van der Waals surface area contributed by atoms with Crippen LogP contribution in [0.4, 0.5) is 10.1 Å². The first-order valence-electron chi connectivity index (χ1n) is 9.74. The largest absolute Gasteiger partial charge is 0.385 e. The molecule has 0 atom stereocenters. The highest BCUT2D eigenvalue weighted by Gasteiger charge is 2.18. The molecule has 0 amide bonds. The molecule has 1 aromatic carbocycles. The zero-order valence-electron chi connectivity index (χ0n) is 16.4. The molecule has 9 heteroatoms. The number of nitrogen functional groups attached to an aromatic ring is 1. The van der Waals surface area contributed by atoms with Crippen LogP contribution in [0.15, 0.2) is 29.4 Å². The Morgan fingerprint density at radius 1 is 1.38 bits per heavy atom. The molecule has 1 aromatic heterocycles. The third kappa shape index (κ3) is 5.07. The number of hydrogen-bond acceptors (Lipinski definition) is 6. The van der Waals surface area contributed by atoms with E-state index in [0.717, 1.165) is 32.1 Å². The number of anilines is 1. The van der Waals surface area contributed by atoms with E-state index in [1.54, 1.807) is 6.20 Å². The molecule has 0 saturated heterocycles. The molecule has 0 unspecified atom stereocenters. The van der Waals surface area contributed by atoms with E-state index in [2.05, 4.69) is 10.4 Å². The van der Waals surface area contributed by atoms with Gasteiger partial charge in [-0.2, -0.15) is 9.89 Å². The number of aromatic nitrogens is 2. The molecule has 1 aliphatic rings. The summed E-state index contributed by atoms with van der Waals surface area (Å²) in [5, 5.41) is 9.45. The molecule has 1 heterocycles. The van der Waals surface area contributed by atoms with Gasteiger partial charge in [-0.3, -0.25) is 4.99 Å². The summed E-state index contributed by atoms with van der Waals surface area (Å²) in [5.41, 5.74) is 12.7. The molecule has 7 nitrogen and oxygen atoms in total. The van der Waals surface area contributed by atoms with Crippen LogP contribution in [-0.4, -0.2) is 22.0 Å². The summed E-state index contributed by atoms with van der Waals surface area (Å²) in [6, 6.07) is 4.40. The third-order valence-electron chi connectivity index (χ3n) is 4.99. The minimum Gasteiger partial charge on any atom is -0.385 e. The zero-order chi connectivity index (χ0) is 21.0. The van der Waals surface area contributed by atoms with Crippen LogP contribution in [-0.2, 0) is 0 Å². The number of nitrogens with two attached hydrogens (primary N) is 3. The van der Waals surface area contributed by atoms with Crippen LogP contribution in [0.3, 0.4) is 0 Å².